The molecule has 0 atom stereocenters. The summed E-state index contributed by atoms with van der Waals surface area (Å²) >= 11 is 0. The molecule has 0 unspecified atom stereocenters. The van der Waals surface area contributed by atoms with E-state index in [4.69, 9.17) is 13.9 Å². The van der Waals surface area contributed by atoms with Crippen molar-refractivity contribution in [3.05, 3.63) is 60.4 Å². The van der Waals surface area contributed by atoms with Crippen LogP contribution in [0, 0.1) is 0 Å². The Morgan fingerprint density at radius 3 is 2.66 bits per heavy atom. The van der Waals surface area contributed by atoms with Crippen LogP contribution in [0.4, 0.5) is 0 Å². The largest absolute Gasteiger partial charge is 0.493 e. The van der Waals surface area contributed by atoms with Crippen LogP contribution in [0.3, 0.4) is 0 Å². The molecule has 4 rings (SSSR count). The minimum Gasteiger partial charge on any atom is -0.493 e. The van der Waals surface area contributed by atoms with Crippen LogP contribution in [-0.4, -0.2) is 43.7 Å². The van der Waals surface area contributed by atoms with Gasteiger partial charge in [0.15, 0.2) is 0 Å². The number of nitrogens with zero attached hydrogens (tertiary/aromatic N) is 1. The third-order valence-electron chi connectivity index (χ3n) is 5.15. The van der Waals surface area contributed by atoms with Crippen molar-refractivity contribution in [3.8, 4) is 16.9 Å². The summed E-state index contributed by atoms with van der Waals surface area (Å²) in [6.07, 6.45) is 3.47. The van der Waals surface area contributed by atoms with Crippen LogP contribution in [0.2, 0.25) is 0 Å². The van der Waals surface area contributed by atoms with Crippen molar-refractivity contribution in [1.29, 1.82) is 0 Å². The molecule has 5 heteroatoms. The molecule has 1 aromatic heterocycles. The zero-order valence-electron chi connectivity index (χ0n) is 16.8. The van der Waals surface area contributed by atoms with Crippen molar-refractivity contribution < 1.29 is 18.7 Å². The van der Waals surface area contributed by atoms with E-state index < -0.39 is 0 Å². The number of allylic oxidation sites excluding steroid dienone is 1. The number of amides is 1. The monoisotopic (exact) mass is 391 g/mol. The molecule has 0 aliphatic carbocycles. The van der Waals surface area contributed by atoms with Gasteiger partial charge in [0.25, 0.3) is 0 Å². The number of fused-ring (bicyclic) bond motifs is 1. The van der Waals surface area contributed by atoms with Gasteiger partial charge in [-0.3, -0.25) is 4.79 Å². The molecule has 0 bridgehead atoms. The number of carbonyl (C=O) groups is 1. The minimum atomic E-state index is 0.00354. The van der Waals surface area contributed by atoms with Gasteiger partial charge in [0.2, 0.25) is 5.91 Å². The van der Waals surface area contributed by atoms with E-state index in [-0.39, 0.29) is 5.91 Å². The third-order valence-corrected chi connectivity index (χ3v) is 5.15. The fourth-order valence-corrected chi connectivity index (χ4v) is 3.62. The van der Waals surface area contributed by atoms with Gasteiger partial charge in [-0.1, -0.05) is 30.3 Å². The zero-order chi connectivity index (χ0) is 20.2. The van der Waals surface area contributed by atoms with Gasteiger partial charge in [-0.15, -0.1) is 0 Å². The first-order chi connectivity index (χ1) is 14.2. The lowest BCUT2D eigenvalue weighted by Gasteiger charge is -2.26. The molecule has 1 aliphatic rings. The van der Waals surface area contributed by atoms with Gasteiger partial charge < -0.3 is 18.8 Å². The third kappa shape index (κ3) is 4.05. The molecule has 0 saturated carbocycles. The molecule has 2 heterocycles. The van der Waals surface area contributed by atoms with Gasteiger partial charge >= 0.3 is 0 Å². The maximum absolute atomic E-state index is 12.7. The van der Waals surface area contributed by atoms with Crippen LogP contribution in [0.1, 0.15) is 19.4 Å². The molecular weight excluding hydrogens is 366 g/mol. The Kier molecular flexibility index (Phi) is 5.67. The van der Waals surface area contributed by atoms with Crippen molar-refractivity contribution in [3.63, 3.8) is 0 Å². The van der Waals surface area contributed by atoms with Crippen molar-refractivity contribution >= 4 is 22.4 Å². The predicted octanol–water partition coefficient (Wildman–Crippen LogP) is 4.76. The molecule has 0 radical (unpaired) electrons. The van der Waals surface area contributed by atoms with E-state index in [0.717, 1.165) is 39.0 Å². The number of carbonyl (C=O) groups excluding carboxylic acids is 1. The highest BCUT2D eigenvalue weighted by Crippen LogP contribution is 2.37. The second-order valence-corrected chi connectivity index (χ2v) is 7.06. The van der Waals surface area contributed by atoms with Gasteiger partial charge in [-0.25, -0.2) is 0 Å². The fourth-order valence-electron chi connectivity index (χ4n) is 3.62. The van der Waals surface area contributed by atoms with Crippen LogP contribution >= 0.6 is 0 Å². The molecule has 1 amide bonds. The van der Waals surface area contributed by atoms with Gasteiger partial charge in [0.1, 0.15) is 11.3 Å². The quantitative estimate of drug-likeness (QED) is 0.589. The maximum atomic E-state index is 12.7. The molecule has 150 valence electrons. The molecule has 2 aromatic carbocycles. The number of furan rings is 1. The first-order valence-corrected chi connectivity index (χ1v) is 9.96. The summed E-state index contributed by atoms with van der Waals surface area (Å²) in [6.45, 7) is 6.86. The molecule has 0 spiro atoms. The number of ether oxygens (including phenoxy) is 2. The summed E-state index contributed by atoms with van der Waals surface area (Å²) < 4.78 is 17.0. The van der Waals surface area contributed by atoms with E-state index in [9.17, 15) is 4.79 Å². The fraction of sp³-hybridized carbons (Fsp3) is 0.292. The van der Waals surface area contributed by atoms with Gasteiger partial charge in [-0.05, 0) is 31.1 Å². The Morgan fingerprint density at radius 2 is 1.93 bits per heavy atom. The van der Waals surface area contributed by atoms with E-state index in [0.29, 0.717) is 32.9 Å². The highest BCUT2D eigenvalue weighted by molar-refractivity contribution is 6.00. The predicted molar refractivity (Wildman–Crippen MR) is 114 cm³/mol. The highest BCUT2D eigenvalue weighted by atomic mass is 16.5. The summed E-state index contributed by atoms with van der Waals surface area (Å²) in [4.78, 5) is 14.5. The average Bonchev–Trinajstić information content (AvgIpc) is 3.17. The van der Waals surface area contributed by atoms with Gasteiger partial charge in [-0.2, -0.15) is 0 Å². The zero-order valence-corrected chi connectivity index (χ0v) is 16.8. The summed E-state index contributed by atoms with van der Waals surface area (Å²) in [5.41, 5.74) is 4.65. The topological polar surface area (TPSA) is 51.9 Å². The summed E-state index contributed by atoms with van der Waals surface area (Å²) in [5.74, 6) is 0.723. The number of benzene rings is 2. The second-order valence-electron chi connectivity index (χ2n) is 7.06. The van der Waals surface area contributed by atoms with Crippen LogP contribution in [0.25, 0.3) is 27.7 Å². The van der Waals surface area contributed by atoms with E-state index in [2.05, 4.69) is 18.2 Å². The number of morpholine rings is 1. The standard InChI is InChI=1S/C24H25NO4/c1-3-28-22-15-23-20(21(16-29-23)18-7-5-4-6-8-18)14-19(22)17(2)13-24(26)25-9-11-27-12-10-25/h4-8,13-16H,3,9-12H2,1-2H3/b17-13+. The van der Waals surface area contributed by atoms with Crippen LogP contribution in [-0.2, 0) is 9.53 Å². The summed E-state index contributed by atoms with van der Waals surface area (Å²) in [6, 6.07) is 14.1. The first-order valence-electron chi connectivity index (χ1n) is 9.96. The van der Waals surface area contributed by atoms with Crippen molar-refractivity contribution in [2.24, 2.45) is 0 Å². The van der Waals surface area contributed by atoms with Gasteiger partial charge in [0.05, 0.1) is 26.1 Å². The SMILES string of the molecule is CCOc1cc2occ(-c3ccccc3)c2cc1/C(C)=C/C(=O)N1CCOCC1. The second kappa shape index (κ2) is 8.53. The van der Waals surface area contributed by atoms with E-state index >= 15 is 0 Å². The Morgan fingerprint density at radius 1 is 1.17 bits per heavy atom. The molecule has 3 aromatic rings. The number of hydrogen-bond acceptors (Lipinski definition) is 4. The lowest BCUT2D eigenvalue weighted by atomic mass is 9.99. The lowest BCUT2D eigenvalue weighted by Crippen LogP contribution is -2.39. The van der Waals surface area contributed by atoms with E-state index in [1.807, 2.05) is 43.0 Å². The normalized spacial score (nSPS) is 15.0. The lowest BCUT2D eigenvalue weighted by molar-refractivity contribution is -0.129. The molecule has 1 aliphatic heterocycles. The number of rotatable bonds is 5. The average molecular weight is 391 g/mol. The molecule has 29 heavy (non-hydrogen) atoms. The van der Waals surface area contributed by atoms with Crippen LogP contribution in [0.15, 0.2) is 59.2 Å². The molecule has 0 N–H and O–H groups in total. The van der Waals surface area contributed by atoms with Crippen molar-refractivity contribution in [2.75, 3.05) is 32.9 Å². The minimum absolute atomic E-state index is 0.00354. The maximum Gasteiger partial charge on any atom is 0.247 e. The Balaban J connectivity index is 1.75. The Hall–Kier alpha value is -3.05. The van der Waals surface area contributed by atoms with Gasteiger partial charge in [0, 0.05) is 41.7 Å². The molecule has 1 saturated heterocycles. The molecule has 5 nitrogen and oxygen atoms in total. The molecular formula is C24H25NO4. The van der Waals surface area contributed by atoms with Crippen molar-refractivity contribution in [2.45, 2.75) is 13.8 Å². The van der Waals surface area contributed by atoms with Crippen LogP contribution < -0.4 is 4.74 Å². The van der Waals surface area contributed by atoms with E-state index in [1.165, 1.54) is 0 Å². The van der Waals surface area contributed by atoms with Crippen LogP contribution in [0.5, 0.6) is 5.75 Å². The summed E-state index contributed by atoms with van der Waals surface area (Å²) in [7, 11) is 0. The summed E-state index contributed by atoms with van der Waals surface area (Å²) in [5, 5.41) is 1.00. The van der Waals surface area contributed by atoms with Crippen molar-refractivity contribution in [1.82, 2.24) is 4.90 Å². The highest BCUT2D eigenvalue weighted by Gasteiger charge is 2.18. The first kappa shape index (κ1) is 19.3. The smallest absolute Gasteiger partial charge is 0.247 e. The van der Waals surface area contributed by atoms with E-state index in [1.54, 1.807) is 12.3 Å². The molecule has 1 fully saturated rings. The number of hydrogen-bond donors (Lipinski definition) is 0. The Bertz CT molecular complexity index is 1030. The Labute approximate surface area is 170 Å².